The highest BCUT2D eigenvalue weighted by atomic mass is 32.1. The summed E-state index contributed by atoms with van der Waals surface area (Å²) >= 11 is 1.39. The maximum absolute atomic E-state index is 12.2. The van der Waals surface area contributed by atoms with Crippen LogP contribution in [-0.4, -0.2) is 43.6 Å². The molecule has 0 fully saturated rings. The van der Waals surface area contributed by atoms with Gasteiger partial charge in [0, 0.05) is 23.3 Å². The molecule has 9 heteroatoms. The zero-order valence-corrected chi connectivity index (χ0v) is 12.4. The number of amides is 1. The Morgan fingerprint density at radius 2 is 1.91 bits per heavy atom. The van der Waals surface area contributed by atoms with Crippen molar-refractivity contribution in [2.45, 2.75) is 0 Å². The van der Waals surface area contributed by atoms with Gasteiger partial charge in [0.05, 0.1) is 16.7 Å². The van der Waals surface area contributed by atoms with Gasteiger partial charge in [-0.15, -0.1) is 11.3 Å². The molecule has 116 valence electrons. The Hall–Kier alpha value is -3.07. The second-order valence-electron chi connectivity index (χ2n) is 4.52. The van der Waals surface area contributed by atoms with Crippen molar-refractivity contribution in [2.24, 2.45) is 0 Å². The predicted octanol–water partition coefficient (Wildman–Crippen LogP) is 1.27. The van der Waals surface area contributed by atoms with Gasteiger partial charge in [-0.2, -0.15) is 0 Å². The van der Waals surface area contributed by atoms with Crippen molar-refractivity contribution in [3.8, 4) is 17.0 Å². The number of nitrogens with zero attached hydrogens (tertiary/aromatic N) is 3. The summed E-state index contributed by atoms with van der Waals surface area (Å²) in [7, 11) is 0. The lowest BCUT2D eigenvalue weighted by Crippen LogP contribution is -2.29. The molecule has 0 bridgehead atoms. The summed E-state index contributed by atoms with van der Waals surface area (Å²) in [6.45, 7) is -0.562. The minimum atomic E-state index is -1.19. The lowest BCUT2D eigenvalue weighted by molar-refractivity contribution is -0.135. The third-order valence-electron chi connectivity index (χ3n) is 3.06. The minimum Gasteiger partial charge on any atom is -0.507 e. The molecule has 3 aromatic rings. The van der Waals surface area contributed by atoms with Crippen LogP contribution in [0.4, 0.5) is 0 Å². The lowest BCUT2D eigenvalue weighted by atomic mass is 10.0. The number of carbonyl (C=O) groups excluding carboxylic acids is 1. The number of aromatic nitrogens is 3. The van der Waals surface area contributed by atoms with E-state index < -0.39 is 18.4 Å². The molecule has 8 nitrogen and oxygen atoms in total. The first-order valence-electron chi connectivity index (χ1n) is 6.43. The van der Waals surface area contributed by atoms with Crippen molar-refractivity contribution in [2.75, 3.05) is 6.54 Å². The van der Waals surface area contributed by atoms with Crippen LogP contribution in [0, 0.1) is 0 Å². The molecule has 0 aliphatic carbocycles. The number of aromatic hydroxyl groups is 1. The van der Waals surface area contributed by atoms with Gasteiger partial charge in [-0.05, 0) is 6.07 Å². The molecule has 1 amide bonds. The van der Waals surface area contributed by atoms with Crippen molar-refractivity contribution in [3.63, 3.8) is 0 Å². The van der Waals surface area contributed by atoms with Crippen LogP contribution in [0.25, 0.3) is 22.3 Å². The van der Waals surface area contributed by atoms with E-state index >= 15 is 0 Å². The van der Waals surface area contributed by atoms with Crippen LogP contribution in [0.15, 0.2) is 29.4 Å². The number of carboxylic acids is 1. The number of nitrogens with one attached hydrogen (secondary N) is 1. The first-order valence-corrected chi connectivity index (χ1v) is 7.37. The molecule has 0 radical (unpaired) electrons. The summed E-state index contributed by atoms with van der Waals surface area (Å²) in [6, 6.07) is 1.38. The standard InChI is InChI=1S/C14H10N4O4S/c19-9-3-7(8-5-23-6-18-8)12-13(16-2-1-15-12)11(9)14(22)17-4-10(20)21/h1-3,5-6,19H,4H2,(H,17,22)(H,20,21). The second-order valence-corrected chi connectivity index (χ2v) is 5.24. The summed E-state index contributed by atoms with van der Waals surface area (Å²) < 4.78 is 0. The summed E-state index contributed by atoms with van der Waals surface area (Å²) in [5.74, 6) is -2.24. The van der Waals surface area contributed by atoms with Crippen LogP contribution in [0.1, 0.15) is 10.4 Å². The Morgan fingerprint density at radius 3 is 2.57 bits per heavy atom. The summed E-state index contributed by atoms with van der Waals surface area (Å²) in [4.78, 5) is 35.2. The van der Waals surface area contributed by atoms with E-state index in [1.807, 2.05) is 0 Å². The number of fused-ring (bicyclic) bond motifs is 1. The van der Waals surface area contributed by atoms with Gasteiger partial charge in [-0.1, -0.05) is 0 Å². The number of aliphatic carboxylic acids is 1. The maximum Gasteiger partial charge on any atom is 0.322 e. The van der Waals surface area contributed by atoms with E-state index in [0.717, 1.165) is 0 Å². The number of carboxylic acid groups (broad SMARTS) is 1. The molecule has 0 aliphatic rings. The second kappa shape index (κ2) is 5.97. The molecule has 2 heterocycles. The van der Waals surface area contributed by atoms with Crippen molar-refractivity contribution in [1.82, 2.24) is 20.3 Å². The van der Waals surface area contributed by atoms with Crippen molar-refractivity contribution in [1.29, 1.82) is 0 Å². The number of thiazole rings is 1. The fraction of sp³-hybridized carbons (Fsp3) is 0.0714. The molecule has 2 aromatic heterocycles. The van der Waals surface area contributed by atoms with Crippen LogP contribution < -0.4 is 5.32 Å². The zero-order valence-electron chi connectivity index (χ0n) is 11.6. The maximum atomic E-state index is 12.2. The largest absolute Gasteiger partial charge is 0.507 e. The Bertz CT molecular complexity index is 895. The van der Waals surface area contributed by atoms with Crippen LogP contribution in [0.3, 0.4) is 0 Å². The Balaban J connectivity index is 2.17. The van der Waals surface area contributed by atoms with Gasteiger partial charge in [-0.3, -0.25) is 19.6 Å². The number of phenols is 1. The zero-order chi connectivity index (χ0) is 16.4. The number of hydrogen-bond donors (Lipinski definition) is 3. The molecule has 1 aromatic carbocycles. The molecule has 0 aliphatic heterocycles. The van der Waals surface area contributed by atoms with E-state index in [1.54, 1.807) is 10.9 Å². The van der Waals surface area contributed by atoms with Crippen LogP contribution in [0.5, 0.6) is 5.75 Å². The van der Waals surface area contributed by atoms with Crippen molar-refractivity contribution >= 4 is 34.2 Å². The summed E-state index contributed by atoms with van der Waals surface area (Å²) in [6.07, 6.45) is 2.86. The Labute approximate surface area is 133 Å². The van der Waals surface area contributed by atoms with E-state index in [1.165, 1.54) is 29.8 Å². The smallest absolute Gasteiger partial charge is 0.322 e. The van der Waals surface area contributed by atoms with Gasteiger partial charge in [-0.25, -0.2) is 4.98 Å². The number of carbonyl (C=O) groups is 2. The average molecular weight is 330 g/mol. The number of benzene rings is 1. The van der Waals surface area contributed by atoms with Crippen LogP contribution in [-0.2, 0) is 4.79 Å². The highest BCUT2D eigenvalue weighted by Crippen LogP contribution is 2.34. The van der Waals surface area contributed by atoms with E-state index in [2.05, 4.69) is 20.3 Å². The van der Waals surface area contributed by atoms with Gasteiger partial charge >= 0.3 is 5.97 Å². The van der Waals surface area contributed by atoms with E-state index in [0.29, 0.717) is 16.8 Å². The number of hydrogen-bond acceptors (Lipinski definition) is 7. The van der Waals surface area contributed by atoms with Gasteiger partial charge < -0.3 is 15.5 Å². The third kappa shape index (κ3) is 2.81. The van der Waals surface area contributed by atoms with Crippen molar-refractivity contribution < 1.29 is 19.8 Å². The highest BCUT2D eigenvalue weighted by Gasteiger charge is 2.21. The van der Waals surface area contributed by atoms with E-state index in [4.69, 9.17) is 5.11 Å². The highest BCUT2D eigenvalue weighted by molar-refractivity contribution is 7.07. The molecule has 0 saturated heterocycles. The van der Waals surface area contributed by atoms with Crippen molar-refractivity contribution in [3.05, 3.63) is 34.9 Å². The molecule has 0 atom stereocenters. The molecular formula is C14H10N4O4S. The molecule has 23 heavy (non-hydrogen) atoms. The van der Waals surface area contributed by atoms with E-state index in [9.17, 15) is 14.7 Å². The fourth-order valence-corrected chi connectivity index (χ4v) is 2.68. The first-order chi connectivity index (χ1) is 11.1. The summed E-state index contributed by atoms with van der Waals surface area (Å²) in [5, 5.41) is 22.9. The molecule has 3 rings (SSSR count). The monoisotopic (exact) mass is 330 g/mol. The SMILES string of the molecule is O=C(O)CNC(=O)c1c(O)cc(-c2cscn2)c2nccnc12. The molecular weight excluding hydrogens is 320 g/mol. The first kappa shape index (κ1) is 14.9. The summed E-state index contributed by atoms with van der Waals surface area (Å²) in [5.41, 5.74) is 3.25. The van der Waals surface area contributed by atoms with Gasteiger partial charge in [0.15, 0.2) is 0 Å². The fourth-order valence-electron chi connectivity index (χ4n) is 2.13. The van der Waals surface area contributed by atoms with Gasteiger partial charge in [0.25, 0.3) is 5.91 Å². The van der Waals surface area contributed by atoms with Crippen LogP contribution >= 0.6 is 11.3 Å². The van der Waals surface area contributed by atoms with Gasteiger partial charge in [0.1, 0.15) is 23.4 Å². The quantitative estimate of drug-likeness (QED) is 0.657. The molecule has 0 unspecified atom stereocenters. The topological polar surface area (TPSA) is 125 Å². The minimum absolute atomic E-state index is 0.117. The number of rotatable bonds is 4. The molecule has 0 spiro atoms. The molecule has 0 saturated carbocycles. The predicted molar refractivity (Wildman–Crippen MR) is 82.3 cm³/mol. The van der Waals surface area contributed by atoms with Gasteiger partial charge in [0.2, 0.25) is 0 Å². The average Bonchev–Trinajstić information content (AvgIpc) is 3.06. The van der Waals surface area contributed by atoms with E-state index in [-0.39, 0.29) is 16.8 Å². The Kier molecular flexibility index (Phi) is 3.85. The lowest BCUT2D eigenvalue weighted by Gasteiger charge is -2.10. The van der Waals surface area contributed by atoms with Crippen LogP contribution in [0.2, 0.25) is 0 Å². The third-order valence-corrected chi connectivity index (χ3v) is 3.65. The number of phenolic OH excluding ortho intramolecular Hbond substituents is 1. The molecule has 3 N–H and O–H groups in total. The normalized spacial score (nSPS) is 10.6. The Morgan fingerprint density at radius 1 is 1.17 bits per heavy atom.